The van der Waals surface area contributed by atoms with Gasteiger partial charge < -0.3 is 9.84 Å². The zero-order valence-corrected chi connectivity index (χ0v) is 15.7. The normalized spacial score (nSPS) is 13.0. The summed E-state index contributed by atoms with van der Waals surface area (Å²) in [4.78, 5) is 11.3. The number of nitrogens with one attached hydrogen (secondary N) is 1. The highest BCUT2D eigenvalue weighted by molar-refractivity contribution is 7.89. The molecule has 0 heterocycles. The van der Waals surface area contributed by atoms with E-state index in [1.54, 1.807) is 19.9 Å². The van der Waals surface area contributed by atoms with Crippen LogP contribution in [-0.4, -0.2) is 25.5 Å². The Morgan fingerprint density at radius 3 is 2.33 bits per heavy atom. The Hall–Kier alpha value is -2.71. The number of rotatable bonds is 8. The lowest BCUT2D eigenvalue weighted by atomic mass is 9.85. The van der Waals surface area contributed by atoms with Gasteiger partial charge in [-0.1, -0.05) is 32.1 Å². The highest BCUT2D eigenvalue weighted by atomic mass is 32.2. The van der Waals surface area contributed by atoms with Crippen LogP contribution in [0.25, 0.3) is 0 Å². The van der Waals surface area contributed by atoms with E-state index in [1.807, 2.05) is 0 Å². The van der Waals surface area contributed by atoms with E-state index in [4.69, 9.17) is 4.74 Å². The molecule has 0 saturated heterocycles. The van der Waals surface area contributed by atoms with E-state index in [1.165, 1.54) is 48.5 Å². The summed E-state index contributed by atoms with van der Waals surface area (Å²) >= 11 is 0. The van der Waals surface area contributed by atoms with E-state index in [2.05, 4.69) is 11.3 Å². The van der Waals surface area contributed by atoms with E-state index < -0.39 is 33.3 Å². The monoisotopic (exact) mass is 393 g/mol. The van der Waals surface area contributed by atoms with Crippen LogP contribution in [0.5, 0.6) is 11.5 Å². The fourth-order valence-corrected chi connectivity index (χ4v) is 3.55. The third-order valence-corrected chi connectivity index (χ3v) is 5.43. The number of benzene rings is 2. The molecule has 0 fully saturated rings. The summed E-state index contributed by atoms with van der Waals surface area (Å²) < 4.78 is 46.2. The fraction of sp³-hybridized carbons (Fsp3) is 0.211. The van der Waals surface area contributed by atoms with Gasteiger partial charge >= 0.3 is 5.97 Å². The molecule has 0 aliphatic rings. The maximum absolute atomic E-state index is 13.6. The van der Waals surface area contributed by atoms with Crippen molar-refractivity contribution in [2.45, 2.75) is 24.8 Å². The highest BCUT2D eigenvalue weighted by Gasteiger charge is 2.36. The van der Waals surface area contributed by atoms with Gasteiger partial charge in [0.05, 0.1) is 4.90 Å². The standard InChI is InChI=1S/C19H20FNO5S/c1-4-19(2,3)17(18(22)23)21-27(24,25)14-11-9-13(10-12-14)26-16-8-6-5-7-15(16)20/h4-12,17,21H,1H2,2-3H3,(H,22,23). The van der Waals surface area contributed by atoms with Gasteiger partial charge in [0.1, 0.15) is 11.8 Å². The van der Waals surface area contributed by atoms with Crippen LogP contribution in [0, 0.1) is 11.2 Å². The van der Waals surface area contributed by atoms with E-state index >= 15 is 0 Å². The van der Waals surface area contributed by atoms with Crippen LogP contribution in [0.3, 0.4) is 0 Å². The maximum Gasteiger partial charge on any atom is 0.322 e. The van der Waals surface area contributed by atoms with E-state index in [0.717, 1.165) is 0 Å². The Balaban J connectivity index is 2.23. The second-order valence-electron chi connectivity index (χ2n) is 6.42. The van der Waals surface area contributed by atoms with Crippen LogP contribution in [0.1, 0.15) is 13.8 Å². The molecule has 1 unspecified atom stereocenters. The molecule has 0 spiro atoms. The quantitative estimate of drug-likeness (QED) is 0.669. The first-order valence-corrected chi connectivity index (χ1v) is 9.46. The molecule has 144 valence electrons. The molecule has 0 bridgehead atoms. The fourth-order valence-electron chi connectivity index (χ4n) is 2.20. The molecular formula is C19H20FNO5S. The molecule has 0 amide bonds. The van der Waals surface area contributed by atoms with Crippen molar-refractivity contribution in [2.24, 2.45) is 5.41 Å². The second kappa shape index (κ2) is 7.89. The van der Waals surface area contributed by atoms with Gasteiger partial charge in [-0.15, -0.1) is 6.58 Å². The summed E-state index contributed by atoms with van der Waals surface area (Å²) in [7, 11) is -4.10. The lowest BCUT2D eigenvalue weighted by Gasteiger charge is -2.28. The molecule has 8 heteroatoms. The number of carboxylic acids is 1. The van der Waals surface area contributed by atoms with Gasteiger partial charge in [-0.2, -0.15) is 4.72 Å². The van der Waals surface area contributed by atoms with Crippen LogP contribution in [0.4, 0.5) is 4.39 Å². The number of halogens is 1. The Morgan fingerprint density at radius 1 is 1.22 bits per heavy atom. The van der Waals surface area contributed by atoms with Crippen molar-refractivity contribution < 1.29 is 27.4 Å². The largest absolute Gasteiger partial charge is 0.480 e. The second-order valence-corrected chi connectivity index (χ2v) is 8.14. The molecule has 27 heavy (non-hydrogen) atoms. The summed E-state index contributed by atoms with van der Waals surface area (Å²) in [6.07, 6.45) is 1.37. The smallest absolute Gasteiger partial charge is 0.322 e. The molecule has 2 rings (SSSR count). The first-order valence-electron chi connectivity index (χ1n) is 7.98. The summed E-state index contributed by atoms with van der Waals surface area (Å²) in [5.41, 5.74) is -1.01. The minimum absolute atomic E-state index is 0.00454. The molecular weight excluding hydrogens is 373 g/mol. The van der Waals surface area contributed by atoms with Gasteiger partial charge in [-0.25, -0.2) is 12.8 Å². The number of carbonyl (C=O) groups is 1. The van der Waals surface area contributed by atoms with Crippen molar-refractivity contribution in [1.82, 2.24) is 4.72 Å². The number of ether oxygens (including phenoxy) is 1. The zero-order valence-electron chi connectivity index (χ0n) is 14.8. The van der Waals surface area contributed by atoms with Crippen LogP contribution in [-0.2, 0) is 14.8 Å². The van der Waals surface area contributed by atoms with Crippen molar-refractivity contribution in [1.29, 1.82) is 0 Å². The molecule has 6 nitrogen and oxygen atoms in total. The Labute approximate surface area is 157 Å². The number of hydrogen-bond acceptors (Lipinski definition) is 4. The average molecular weight is 393 g/mol. The molecule has 2 N–H and O–H groups in total. The number of aliphatic carboxylic acids is 1. The highest BCUT2D eigenvalue weighted by Crippen LogP contribution is 2.27. The SMILES string of the molecule is C=CC(C)(C)C(NS(=O)(=O)c1ccc(Oc2ccccc2F)cc1)C(=O)O. The maximum atomic E-state index is 13.6. The van der Waals surface area contributed by atoms with Crippen LogP contribution < -0.4 is 9.46 Å². The molecule has 1 atom stereocenters. The molecule has 2 aromatic rings. The van der Waals surface area contributed by atoms with Crippen molar-refractivity contribution >= 4 is 16.0 Å². The van der Waals surface area contributed by atoms with Crippen LogP contribution in [0.15, 0.2) is 66.1 Å². The molecule has 0 radical (unpaired) electrons. The molecule has 0 saturated carbocycles. The van der Waals surface area contributed by atoms with Gasteiger partial charge in [0.15, 0.2) is 11.6 Å². The number of para-hydroxylation sites is 1. The molecule has 2 aromatic carbocycles. The Morgan fingerprint density at radius 2 is 1.81 bits per heavy atom. The molecule has 0 aromatic heterocycles. The minimum atomic E-state index is -4.10. The first kappa shape index (κ1) is 20.6. The van der Waals surface area contributed by atoms with E-state index in [0.29, 0.717) is 0 Å². The van der Waals surface area contributed by atoms with Crippen molar-refractivity contribution in [2.75, 3.05) is 0 Å². The summed E-state index contributed by atoms with van der Waals surface area (Å²) in [6.45, 7) is 6.68. The lowest BCUT2D eigenvalue weighted by molar-refractivity contribution is -0.141. The number of carboxylic acid groups (broad SMARTS) is 1. The topological polar surface area (TPSA) is 92.7 Å². The van der Waals surface area contributed by atoms with Gasteiger partial charge in [-0.05, 0) is 36.4 Å². The van der Waals surface area contributed by atoms with Crippen LogP contribution in [0.2, 0.25) is 0 Å². The van der Waals surface area contributed by atoms with Gasteiger partial charge in [0.25, 0.3) is 0 Å². The van der Waals surface area contributed by atoms with Crippen molar-refractivity contribution in [3.8, 4) is 11.5 Å². The average Bonchev–Trinajstić information content (AvgIpc) is 2.62. The van der Waals surface area contributed by atoms with Crippen LogP contribution >= 0.6 is 0 Å². The predicted octanol–water partition coefficient (Wildman–Crippen LogP) is 3.56. The summed E-state index contributed by atoms with van der Waals surface area (Å²) in [6, 6.07) is 9.62. The minimum Gasteiger partial charge on any atom is -0.480 e. The molecule has 0 aliphatic heterocycles. The van der Waals surface area contributed by atoms with Gasteiger partial charge in [0, 0.05) is 5.41 Å². The molecule has 0 aliphatic carbocycles. The summed E-state index contributed by atoms with van der Waals surface area (Å²) in [5, 5.41) is 9.35. The Bertz CT molecular complexity index is 939. The lowest BCUT2D eigenvalue weighted by Crippen LogP contribution is -2.49. The van der Waals surface area contributed by atoms with Crippen molar-refractivity contribution in [3.63, 3.8) is 0 Å². The van der Waals surface area contributed by atoms with Gasteiger partial charge in [-0.3, -0.25) is 4.79 Å². The van der Waals surface area contributed by atoms with E-state index in [-0.39, 0.29) is 16.4 Å². The van der Waals surface area contributed by atoms with Gasteiger partial charge in [0.2, 0.25) is 10.0 Å². The van der Waals surface area contributed by atoms with Crippen molar-refractivity contribution in [3.05, 3.63) is 67.0 Å². The third kappa shape index (κ3) is 4.93. The third-order valence-electron chi connectivity index (χ3n) is 3.99. The van der Waals surface area contributed by atoms with E-state index in [9.17, 15) is 22.7 Å². The number of hydrogen-bond donors (Lipinski definition) is 2. The zero-order chi connectivity index (χ0) is 20.2. The Kier molecular flexibility index (Phi) is 6.02. The summed E-state index contributed by atoms with van der Waals surface area (Å²) in [5.74, 6) is -1.63. The predicted molar refractivity (Wildman–Crippen MR) is 98.6 cm³/mol. The number of sulfonamides is 1. The first-order chi connectivity index (χ1) is 12.6.